The average Bonchev–Trinajstić information content (AvgIpc) is 3.18. The van der Waals surface area contributed by atoms with Crippen molar-refractivity contribution in [1.29, 1.82) is 0 Å². The molecule has 1 unspecified atom stereocenters. The minimum Gasteiger partial charge on any atom is -0.497 e. The number of rotatable bonds is 7. The van der Waals surface area contributed by atoms with Crippen molar-refractivity contribution in [2.75, 3.05) is 7.11 Å². The fourth-order valence-corrected chi connectivity index (χ4v) is 2.09. The second kappa shape index (κ2) is 6.76. The van der Waals surface area contributed by atoms with Crippen molar-refractivity contribution in [1.82, 2.24) is 0 Å². The predicted octanol–water partition coefficient (Wildman–Crippen LogP) is 1.75. The summed E-state index contributed by atoms with van der Waals surface area (Å²) in [6.45, 7) is 2.17. The van der Waals surface area contributed by atoms with Gasteiger partial charge in [0, 0.05) is 6.42 Å². The van der Waals surface area contributed by atoms with E-state index in [-0.39, 0.29) is 24.4 Å². The third kappa shape index (κ3) is 3.97. The van der Waals surface area contributed by atoms with Gasteiger partial charge in [-0.25, -0.2) is 0 Å². The first-order valence-corrected chi connectivity index (χ1v) is 6.68. The van der Waals surface area contributed by atoms with Crippen LogP contribution in [0.3, 0.4) is 0 Å². The normalized spacial score (nSPS) is 23.7. The maximum absolute atomic E-state index is 9.31. The Bertz CT molecular complexity index is 460. The highest BCUT2D eigenvalue weighted by Crippen LogP contribution is 2.31. The number of ether oxygens (including phenoxy) is 3. The first-order valence-electron chi connectivity index (χ1n) is 6.68. The monoisotopic (exact) mass is 276 g/mol. The Morgan fingerprint density at radius 2 is 2.10 bits per heavy atom. The number of aliphatic hydroxyl groups excluding tert-OH is 1. The number of hydrogen-bond acceptors (Lipinski definition) is 4. The van der Waals surface area contributed by atoms with E-state index in [4.69, 9.17) is 20.6 Å². The summed E-state index contributed by atoms with van der Waals surface area (Å²) in [7, 11) is 1.63. The molecule has 108 valence electrons. The van der Waals surface area contributed by atoms with Crippen LogP contribution >= 0.6 is 0 Å². The van der Waals surface area contributed by atoms with Gasteiger partial charge in [-0.2, -0.15) is 0 Å². The van der Waals surface area contributed by atoms with Crippen LogP contribution < -0.4 is 4.74 Å². The van der Waals surface area contributed by atoms with Gasteiger partial charge in [0.15, 0.2) is 0 Å². The van der Waals surface area contributed by atoms with Crippen LogP contribution in [0.2, 0.25) is 0 Å². The van der Waals surface area contributed by atoms with E-state index < -0.39 is 0 Å². The van der Waals surface area contributed by atoms with Crippen molar-refractivity contribution >= 4 is 0 Å². The van der Waals surface area contributed by atoms with Gasteiger partial charge >= 0.3 is 0 Å². The molecule has 1 aliphatic heterocycles. The van der Waals surface area contributed by atoms with E-state index in [2.05, 4.69) is 5.92 Å². The lowest BCUT2D eigenvalue weighted by Crippen LogP contribution is -2.20. The van der Waals surface area contributed by atoms with Gasteiger partial charge in [-0.3, -0.25) is 0 Å². The molecule has 1 heterocycles. The quantitative estimate of drug-likeness (QED) is 0.609. The van der Waals surface area contributed by atoms with Crippen molar-refractivity contribution in [3.63, 3.8) is 0 Å². The fourth-order valence-electron chi connectivity index (χ4n) is 2.09. The molecule has 20 heavy (non-hydrogen) atoms. The third-order valence-electron chi connectivity index (χ3n) is 3.25. The van der Waals surface area contributed by atoms with Crippen molar-refractivity contribution < 1.29 is 19.3 Å². The second-order valence-electron chi connectivity index (χ2n) is 4.97. The van der Waals surface area contributed by atoms with Gasteiger partial charge in [0.25, 0.3) is 0 Å². The summed E-state index contributed by atoms with van der Waals surface area (Å²) in [6.07, 6.45) is 5.22. The van der Waals surface area contributed by atoms with Gasteiger partial charge in [-0.15, -0.1) is 6.42 Å². The summed E-state index contributed by atoms with van der Waals surface area (Å²) in [4.78, 5) is 0. The maximum atomic E-state index is 9.31. The van der Waals surface area contributed by atoms with E-state index in [1.807, 2.05) is 24.3 Å². The van der Waals surface area contributed by atoms with Crippen LogP contribution in [0.15, 0.2) is 24.3 Å². The first-order chi connectivity index (χ1) is 9.63. The van der Waals surface area contributed by atoms with Gasteiger partial charge < -0.3 is 19.3 Å². The highest BCUT2D eigenvalue weighted by molar-refractivity contribution is 5.26. The largest absolute Gasteiger partial charge is 0.497 e. The number of hydrogen-bond donors (Lipinski definition) is 1. The summed E-state index contributed by atoms with van der Waals surface area (Å²) >= 11 is 0. The van der Waals surface area contributed by atoms with Gasteiger partial charge in [-0.1, -0.05) is 18.1 Å². The Morgan fingerprint density at radius 1 is 1.40 bits per heavy atom. The Hall–Kier alpha value is -1.54. The van der Waals surface area contributed by atoms with Crippen LogP contribution in [-0.4, -0.2) is 36.6 Å². The SMILES string of the molecule is C#CC(OCc1ccc(OC)cc1)[C@H]1O[C@@H]1C[C@H](C)O. The van der Waals surface area contributed by atoms with Crippen LogP contribution in [0.4, 0.5) is 0 Å². The number of terminal acetylenes is 1. The van der Waals surface area contributed by atoms with Crippen LogP contribution in [0, 0.1) is 12.3 Å². The molecule has 0 amide bonds. The topological polar surface area (TPSA) is 51.2 Å². The standard InChI is InChI=1S/C16H20O4/c1-4-14(16-15(20-16)9-11(2)17)19-10-12-5-7-13(18-3)8-6-12/h1,5-8,11,14-17H,9-10H2,2-3H3/t11-,14?,15+,16+/m0/s1. The third-order valence-corrected chi connectivity index (χ3v) is 3.25. The van der Waals surface area contributed by atoms with Gasteiger partial charge in [0.2, 0.25) is 0 Å². The lowest BCUT2D eigenvalue weighted by Gasteiger charge is -2.10. The van der Waals surface area contributed by atoms with E-state index in [9.17, 15) is 5.11 Å². The van der Waals surface area contributed by atoms with Crippen molar-refractivity contribution in [2.45, 2.75) is 44.4 Å². The lowest BCUT2D eigenvalue weighted by atomic mass is 10.1. The Balaban J connectivity index is 1.81. The minimum atomic E-state index is -0.384. The fraction of sp³-hybridized carbons (Fsp3) is 0.500. The smallest absolute Gasteiger partial charge is 0.146 e. The van der Waals surface area contributed by atoms with Crippen LogP contribution in [0.5, 0.6) is 5.75 Å². The Morgan fingerprint density at radius 3 is 2.65 bits per heavy atom. The van der Waals surface area contributed by atoms with Crippen molar-refractivity contribution in [3.05, 3.63) is 29.8 Å². The predicted molar refractivity (Wildman–Crippen MR) is 75.4 cm³/mol. The zero-order valence-electron chi connectivity index (χ0n) is 11.8. The molecule has 2 rings (SSSR count). The molecule has 0 radical (unpaired) electrons. The van der Waals surface area contributed by atoms with Crippen LogP contribution in [0.25, 0.3) is 0 Å². The van der Waals surface area contributed by atoms with E-state index in [0.717, 1.165) is 11.3 Å². The van der Waals surface area contributed by atoms with E-state index >= 15 is 0 Å². The molecule has 1 saturated heterocycles. The van der Waals surface area contributed by atoms with Crippen molar-refractivity contribution in [3.8, 4) is 18.1 Å². The highest BCUT2D eigenvalue weighted by atomic mass is 16.6. The van der Waals surface area contributed by atoms with Gasteiger partial charge in [0.1, 0.15) is 18.0 Å². The molecule has 0 saturated carbocycles. The zero-order valence-corrected chi connectivity index (χ0v) is 11.8. The number of aliphatic hydroxyl groups is 1. The number of benzene rings is 1. The van der Waals surface area contributed by atoms with E-state index in [0.29, 0.717) is 13.0 Å². The minimum absolute atomic E-state index is 0.00640. The second-order valence-corrected chi connectivity index (χ2v) is 4.97. The zero-order chi connectivity index (χ0) is 14.5. The molecule has 0 aliphatic carbocycles. The van der Waals surface area contributed by atoms with Gasteiger partial charge in [0.05, 0.1) is 25.9 Å². The van der Waals surface area contributed by atoms with Crippen LogP contribution in [0.1, 0.15) is 18.9 Å². The molecule has 4 heteroatoms. The van der Waals surface area contributed by atoms with E-state index in [1.54, 1.807) is 14.0 Å². The molecule has 0 bridgehead atoms. The molecule has 1 fully saturated rings. The molecule has 0 aromatic heterocycles. The lowest BCUT2D eigenvalue weighted by molar-refractivity contribution is 0.0587. The molecular formula is C16H20O4. The van der Waals surface area contributed by atoms with Crippen LogP contribution in [-0.2, 0) is 16.1 Å². The molecule has 1 aliphatic rings. The van der Waals surface area contributed by atoms with Gasteiger partial charge in [-0.05, 0) is 24.6 Å². The summed E-state index contributed by atoms with van der Waals surface area (Å²) < 4.78 is 16.3. The summed E-state index contributed by atoms with van der Waals surface area (Å²) in [6, 6.07) is 7.64. The number of epoxide rings is 1. The maximum Gasteiger partial charge on any atom is 0.146 e. The van der Waals surface area contributed by atoms with Crippen molar-refractivity contribution in [2.24, 2.45) is 0 Å². The Labute approximate surface area is 119 Å². The first kappa shape index (κ1) is 14.9. The summed E-state index contributed by atoms with van der Waals surface area (Å²) in [5.41, 5.74) is 1.03. The molecule has 4 atom stereocenters. The molecule has 1 aromatic rings. The molecule has 1 aromatic carbocycles. The Kier molecular flexibility index (Phi) is 5.02. The highest BCUT2D eigenvalue weighted by Gasteiger charge is 2.45. The molecular weight excluding hydrogens is 256 g/mol. The summed E-state index contributed by atoms with van der Waals surface area (Å²) in [5.74, 6) is 3.42. The number of methoxy groups -OCH3 is 1. The molecule has 0 spiro atoms. The molecule has 1 N–H and O–H groups in total. The molecule has 4 nitrogen and oxygen atoms in total. The van der Waals surface area contributed by atoms with E-state index in [1.165, 1.54) is 0 Å². The summed E-state index contributed by atoms with van der Waals surface area (Å²) in [5, 5.41) is 9.31. The average molecular weight is 276 g/mol.